The van der Waals surface area contributed by atoms with Crippen LogP contribution in [0.25, 0.3) is 0 Å². The van der Waals surface area contributed by atoms with E-state index in [2.05, 4.69) is 23.8 Å². The Morgan fingerprint density at radius 2 is 2.19 bits per heavy atom. The quantitative estimate of drug-likeness (QED) is 0.778. The van der Waals surface area contributed by atoms with Gasteiger partial charge in [-0.2, -0.15) is 0 Å². The van der Waals surface area contributed by atoms with Crippen molar-refractivity contribution in [1.29, 1.82) is 0 Å². The summed E-state index contributed by atoms with van der Waals surface area (Å²) in [5, 5.41) is 0. The van der Waals surface area contributed by atoms with Gasteiger partial charge in [-0.15, -0.1) is 11.6 Å². The SMILES string of the molecule is CCC(CC)N(CCCl)c1ncc[nH]c1=O. The van der Waals surface area contributed by atoms with E-state index in [1.54, 1.807) is 6.20 Å². The summed E-state index contributed by atoms with van der Waals surface area (Å²) in [6.07, 6.45) is 5.09. The molecule has 1 heterocycles. The number of halogens is 1. The Hall–Kier alpha value is -1.03. The van der Waals surface area contributed by atoms with E-state index in [9.17, 15) is 4.79 Å². The summed E-state index contributed by atoms with van der Waals surface area (Å²) in [6, 6.07) is 0.315. The smallest absolute Gasteiger partial charge is 0.290 e. The number of H-pyrrole nitrogens is 1. The van der Waals surface area contributed by atoms with Gasteiger partial charge in [0.25, 0.3) is 5.56 Å². The topological polar surface area (TPSA) is 49.0 Å². The summed E-state index contributed by atoms with van der Waals surface area (Å²) >= 11 is 5.77. The zero-order valence-corrected chi connectivity index (χ0v) is 10.5. The number of anilines is 1. The highest BCUT2D eigenvalue weighted by atomic mass is 35.5. The molecule has 0 aliphatic rings. The minimum Gasteiger partial charge on any atom is -0.348 e. The first-order valence-electron chi connectivity index (χ1n) is 5.60. The third-order valence-corrected chi connectivity index (χ3v) is 2.84. The molecule has 0 aromatic carbocycles. The van der Waals surface area contributed by atoms with Crippen LogP contribution < -0.4 is 10.5 Å². The van der Waals surface area contributed by atoms with Crippen LogP contribution in [0.4, 0.5) is 5.82 Å². The minimum atomic E-state index is -0.153. The fraction of sp³-hybridized carbons (Fsp3) is 0.636. The molecule has 1 aromatic rings. The van der Waals surface area contributed by atoms with Gasteiger partial charge in [-0.05, 0) is 12.8 Å². The summed E-state index contributed by atoms with van der Waals surface area (Å²) < 4.78 is 0. The molecule has 16 heavy (non-hydrogen) atoms. The first-order chi connectivity index (χ1) is 7.74. The molecule has 1 N–H and O–H groups in total. The maximum Gasteiger partial charge on any atom is 0.290 e. The molecule has 1 aromatic heterocycles. The second kappa shape index (κ2) is 6.53. The van der Waals surface area contributed by atoms with Crippen LogP contribution in [0.15, 0.2) is 17.2 Å². The number of alkyl halides is 1. The van der Waals surface area contributed by atoms with Crippen LogP contribution in [0.5, 0.6) is 0 Å². The summed E-state index contributed by atoms with van der Waals surface area (Å²) in [6.45, 7) is 4.85. The number of rotatable bonds is 6. The highest BCUT2D eigenvalue weighted by molar-refractivity contribution is 6.18. The first kappa shape index (κ1) is 13.0. The fourth-order valence-electron chi connectivity index (χ4n) is 1.83. The van der Waals surface area contributed by atoms with Gasteiger partial charge in [-0.1, -0.05) is 13.8 Å². The lowest BCUT2D eigenvalue weighted by Gasteiger charge is -2.30. The largest absolute Gasteiger partial charge is 0.348 e. The number of aromatic nitrogens is 2. The zero-order valence-electron chi connectivity index (χ0n) is 9.74. The fourth-order valence-corrected chi connectivity index (χ4v) is 2.01. The van der Waals surface area contributed by atoms with Crippen molar-refractivity contribution in [1.82, 2.24) is 9.97 Å². The van der Waals surface area contributed by atoms with Crippen molar-refractivity contribution in [3.8, 4) is 0 Å². The van der Waals surface area contributed by atoms with Gasteiger partial charge in [0.05, 0.1) is 0 Å². The molecule has 0 aliphatic carbocycles. The molecule has 0 unspecified atom stereocenters. The van der Waals surface area contributed by atoms with Crippen molar-refractivity contribution < 1.29 is 0 Å². The van der Waals surface area contributed by atoms with Crippen molar-refractivity contribution >= 4 is 17.4 Å². The Morgan fingerprint density at radius 1 is 1.50 bits per heavy atom. The molecule has 0 spiro atoms. The molecule has 0 bridgehead atoms. The number of nitrogens with one attached hydrogen (secondary N) is 1. The Kier molecular flexibility index (Phi) is 5.32. The summed E-state index contributed by atoms with van der Waals surface area (Å²) in [4.78, 5) is 20.4. The molecule has 4 nitrogen and oxygen atoms in total. The maximum absolute atomic E-state index is 11.7. The van der Waals surface area contributed by atoms with Crippen molar-refractivity contribution in [3.63, 3.8) is 0 Å². The molecule has 5 heteroatoms. The van der Waals surface area contributed by atoms with Crippen LogP contribution in [0.2, 0.25) is 0 Å². The Morgan fingerprint density at radius 3 is 2.69 bits per heavy atom. The lowest BCUT2D eigenvalue weighted by atomic mass is 10.1. The molecule has 0 saturated heterocycles. The maximum atomic E-state index is 11.7. The third kappa shape index (κ3) is 2.98. The van der Waals surface area contributed by atoms with Crippen molar-refractivity contribution in [2.75, 3.05) is 17.3 Å². The van der Waals surface area contributed by atoms with Crippen LogP contribution >= 0.6 is 11.6 Å². The van der Waals surface area contributed by atoms with E-state index in [4.69, 9.17) is 11.6 Å². The molecule has 0 amide bonds. The summed E-state index contributed by atoms with van der Waals surface area (Å²) in [5.74, 6) is 0.962. The zero-order chi connectivity index (χ0) is 12.0. The van der Waals surface area contributed by atoms with Gasteiger partial charge >= 0.3 is 0 Å². The summed E-state index contributed by atoms with van der Waals surface area (Å²) in [7, 11) is 0. The summed E-state index contributed by atoms with van der Waals surface area (Å²) in [5.41, 5.74) is -0.153. The molecule has 0 aliphatic heterocycles. The number of aromatic amines is 1. The van der Waals surface area contributed by atoms with E-state index in [1.165, 1.54) is 6.20 Å². The van der Waals surface area contributed by atoms with Crippen LogP contribution in [0, 0.1) is 0 Å². The second-order valence-electron chi connectivity index (χ2n) is 3.59. The van der Waals surface area contributed by atoms with Crippen molar-refractivity contribution in [2.45, 2.75) is 32.7 Å². The lowest BCUT2D eigenvalue weighted by Crippen LogP contribution is -2.40. The average Bonchev–Trinajstić information content (AvgIpc) is 2.30. The highest BCUT2D eigenvalue weighted by Gasteiger charge is 2.18. The molecule has 0 fully saturated rings. The lowest BCUT2D eigenvalue weighted by molar-refractivity contribution is 0.560. The van der Waals surface area contributed by atoms with E-state index in [0.717, 1.165) is 12.8 Å². The molecular formula is C11H18ClN3O. The number of hydrogen-bond acceptors (Lipinski definition) is 3. The van der Waals surface area contributed by atoms with Gasteiger partial charge in [-0.25, -0.2) is 4.98 Å². The normalized spacial score (nSPS) is 10.8. The van der Waals surface area contributed by atoms with Gasteiger partial charge in [-0.3, -0.25) is 4.79 Å². The number of nitrogens with zero attached hydrogens (tertiary/aromatic N) is 2. The van der Waals surface area contributed by atoms with Gasteiger partial charge < -0.3 is 9.88 Å². The molecule has 90 valence electrons. The van der Waals surface area contributed by atoms with E-state index in [-0.39, 0.29) is 5.56 Å². The Labute approximate surface area is 101 Å². The van der Waals surface area contributed by atoms with Crippen molar-refractivity contribution in [2.24, 2.45) is 0 Å². The van der Waals surface area contributed by atoms with Gasteiger partial charge in [0.2, 0.25) is 0 Å². The van der Waals surface area contributed by atoms with Crippen molar-refractivity contribution in [3.05, 3.63) is 22.7 Å². The molecule has 0 atom stereocenters. The van der Waals surface area contributed by atoms with E-state index in [0.29, 0.717) is 24.3 Å². The third-order valence-electron chi connectivity index (χ3n) is 2.67. The van der Waals surface area contributed by atoms with Crippen LogP contribution in [-0.2, 0) is 0 Å². The van der Waals surface area contributed by atoms with Crippen LogP contribution in [-0.4, -0.2) is 28.4 Å². The predicted octanol–water partition coefficient (Wildman–Crippen LogP) is 2.00. The predicted molar refractivity (Wildman–Crippen MR) is 67.3 cm³/mol. The molecule has 0 radical (unpaired) electrons. The van der Waals surface area contributed by atoms with E-state index >= 15 is 0 Å². The molecular weight excluding hydrogens is 226 g/mol. The molecule has 0 saturated carbocycles. The average molecular weight is 244 g/mol. The Bertz CT molecular complexity index is 362. The highest BCUT2D eigenvalue weighted by Crippen LogP contribution is 2.13. The first-order valence-corrected chi connectivity index (χ1v) is 6.14. The van der Waals surface area contributed by atoms with Gasteiger partial charge in [0, 0.05) is 30.9 Å². The minimum absolute atomic E-state index is 0.153. The number of hydrogen-bond donors (Lipinski definition) is 1. The van der Waals surface area contributed by atoms with E-state index in [1.807, 2.05) is 4.90 Å². The monoisotopic (exact) mass is 243 g/mol. The Balaban J connectivity index is 3.01. The van der Waals surface area contributed by atoms with Gasteiger partial charge in [0.15, 0.2) is 5.82 Å². The molecule has 1 rings (SSSR count). The standard InChI is InChI=1S/C11H18ClN3O/c1-3-9(4-2)15(8-5-12)10-11(16)14-7-6-13-10/h6-7,9H,3-5,8H2,1-2H3,(H,14,16). The van der Waals surface area contributed by atoms with E-state index < -0.39 is 0 Å². The van der Waals surface area contributed by atoms with Crippen LogP contribution in [0.3, 0.4) is 0 Å². The van der Waals surface area contributed by atoms with Gasteiger partial charge in [0.1, 0.15) is 0 Å². The van der Waals surface area contributed by atoms with Crippen LogP contribution in [0.1, 0.15) is 26.7 Å². The second-order valence-corrected chi connectivity index (χ2v) is 3.97.